The van der Waals surface area contributed by atoms with Gasteiger partial charge in [-0.05, 0) is 12.1 Å². The normalized spacial score (nSPS) is 11.7. The highest BCUT2D eigenvalue weighted by Gasteiger charge is 2.19. The first-order valence-corrected chi connectivity index (χ1v) is 6.08. The average molecular weight is 286 g/mol. The Kier molecular flexibility index (Phi) is 5.33. The fourth-order valence-corrected chi connectivity index (χ4v) is 2.18. The van der Waals surface area contributed by atoms with Crippen molar-refractivity contribution < 1.29 is 9.90 Å². The molecular weight excluding hydrogens is 273 g/mol. The lowest BCUT2D eigenvalue weighted by Crippen LogP contribution is -2.32. The summed E-state index contributed by atoms with van der Waals surface area (Å²) < 4.78 is 0. The Hall–Kier alpha value is -1.37. The number of hydrogen-bond acceptors (Lipinski definition) is 2. The number of nitrogens with zero attached hydrogens (tertiary/aromatic N) is 1. The molecule has 1 atom stereocenters. The van der Waals surface area contributed by atoms with Crippen LogP contribution in [0.5, 0.6) is 0 Å². The molecule has 1 unspecified atom stereocenters. The molecular formula is C13H13Cl2NO2. The molecule has 1 aromatic carbocycles. The number of aliphatic carboxylic acids is 1. The van der Waals surface area contributed by atoms with Gasteiger partial charge in [0.25, 0.3) is 0 Å². The van der Waals surface area contributed by atoms with Crippen LogP contribution in [0.4, 0.5) is 5.69 Å². The second-order valence-electron chi connectivity index (χ2n) is 3.89. The van der Waals surface area contributed by atoms with Gasteiger partial charge in [0.2, 0.25) is 0 Å². The Morgan fingerprint density at radius 3 is 2.50 bits per heavy atom. The number of carboxylic acid groups (broad SMARTS) is 1. The molecule has 1 rings (SSSR count). The van der Waals surface area contributed by atoms with E-state index in [9.17, 15) is 4.79 Å². The van der Waals surface area contributed by atoms with Gasteiger partial charge in [0, 0.05) is 6.54 Å². The number of hydrogen-bond donors (Lipinski definition) is 1. The van der Waals surface area contributed by atoms with Crippen molar-refractivity contribution in [3.05, 3.63) is 28.2 Å². The van der Waals surface area contributed by atoms with Gasteiger partial charge in [-0.15, -0.1) is 6.42 Å². The number of rotatable bonds is 5. The fraction of sp³-hybridized carbons (Fsp3) is 0.308. The van der Waals surface area contributed by atoms with Gasteiger partial charge in [-0.1, -0.05) is 42.1 Å². The first kappa shape index (κ1) is 14.7. The quantitative estimate of drug-likeness (QED) is 0.845. The standard InChI is InChI=1S/C13H13Cl2NO2/c1-3-7-16(8-9(2)13(17)18)12-10(14)5-4-6-11(12)15/h1,4-6,9H,7-8H2,2H3,(H,17,18). The maximum Gasteiger partial charge on any atom is 0.308 e. The number of anilines is 1. The van der Waals surface area contributed by atoms with Crippen molar-refractivity contribution in [1.29, 1.82) is 0 Å². The lowest BCUT2D eigenvalue weighted by atomic mass is 10.1. The summed E-state index contributed by atoms with van der Waals surface area (Å²) in [6.45, 7) is 2.11. The highest BCUT2D eigenvalue weighted by atomic mass is 35.5. The molecule has 5 heteroatoms. The van der Waals surface area contributed by atoms with E-state index in [1.54, 1.807) is 30.0 Å². The van der Waals surface area contributed by atoms with Crippen LogP contribution in [0.3, 0.4) is 0 Å². The molecule has 0 radical (unpaired) electrons. The molecule has 0 fully saturated rings. The molecule has 1 N–H and O–H groups in total. The zero-order valence-corrected chi connectivity index (χ0v) is 11.4. The van der Waals surface area contributed by atoms with E-state index in [0.717, 1.165) is 0 Å². The van der Waals surface area contributed by atoms with E-state index in [-0.39, 0.29) is 13.1 Å². The second kappa shape index (κ2) is 6.53. The first-order valence-electron chi connectivity index (χ1n) is 5.32. The molecule has 0 bridgehead atoms. The molecule has 0 amide bonds. The van der Waals surface area contributed by atoms with Gasteiger partial charge >= 0.3 is 5.97 Å². The van der Waals surface area contributed by atoms with Crippen LogP contribution in [0.1, 0.15) is 6.92 Å². The summed E-state index contributed by atoms with van der Waals surface area (Å²) >= 11 is 12.2. The second-order valence-corrected chi connectivity index (χ2v) is 4.71. The van der Waals surface area contributed by atoms with Crippen LogP contribution in [0.2, 0.25) is 10.0 Å². The van der Waals surface area contributed by atoms with Gasteiger partial charge in [0.1, 0.15) is 0 Å². The van der Waals surface area contributed by atoms with Gasteiger partial charge in [-0.3, -0.25) is 4.79 Å². The van der Waals surface area contributed by atoms with E-state index in [4.69, 9.17) is 34.7 Å². The van der Waals surface area contributed by atoms with Crippen molar-refractivity contribution in [1.82, 2.24) is 0 Å². The number of para-hydroxylation sites is 1. The van der Waals surface area contributed by atoms with Crippen LogP contribution < -0.4 is 4.90 Å². The SMILES string of the molecule is C#CCN(CC(C)C(=O)O)c1c(Cl)cccc1Cl. The molecule has 0 aliphatic heterocycles. The number of halogens is 2. The third-order valence-corrected chi connectivity index (χ3v) is 3.06. The van der Waals surface area contributed by atoms with Crippen molar-refractivity contribution in [3.63, 3.8) is 0 Å². The van der Waals surface area contributed by atoms with Crippen LogP contribution in [0.25, 0.3) is 0 Å². The summed E-state index contributed by atoms with van der Waals surface area (Å²) in [6.07, 6.45) is 5.29. The molecule has 3 nitrogen and oxygen atoms in total. The van der Waals surface area contributed by atoms with Crippen LogP contribution >= 0.6 is 23.2 Å². The average Bonchev–Trinajstić information content (AvgIpc) is 2.28. The maximum atomic E-state index is 10.9. The molecule has 0 aliphatic carbocycles. The van der Waals surface area contributed by atoms with Crippen LogP contribution in [0.15, 0.2) is 18.2 Å². The molecule has 0 aliphatic rings. The van der Waals surface area contributed by atoms with Crippen molar-refractivity contribution in [2.45, 2.75) is 6.92 Å². The lowest BCUT2D eigenvalue weighted by molar-refractivity contribution is -0.140. The van der Waals surface area contributed by atoms with Crippen molar-refractivity contribution in [2.24, 2.45) is 5.92 Å². The summed E-state index contributed by atoms with van der Waals surface area (Å²) in [6, 6.07) is 5.11. The Morgan fingerprint density at radius 2 is 2.06 bits per heavy atom. The minimum absolute atomic E-state index is 0.251. The monoisotopic (exact) mass is 285 g/mol. The molecule has 0 saturated carbocycles. The molecule has 1 aromatic rings. The minimum Gasteiger partial charge on any atom is -0.481 e. The van der Waals surface area contributed by atoms with Crippen LogP contribution in [-0.2, 0) is 4.79 Å². The topological polar surface area (TPSA) is 40.5 Å². The molecule has 0 heterocycles. The highest BCUT2D eigenvalue weighted by Crippen LogP contribution is 2.33. The summed E-state index contributed by atoms with van der Waals surface area (Å²) in [7, 11) is 0. The van der Waals surface area contributed by atoms with Gasteiger partial charge < -0.3 is 10.0 Å². The number of benzene rings is 1. The van der Waals surface area contributed by atoms with E-state index in [2.05, 4.69) is 5.92 Å². The highest BCUT2D eigenvalue weighted by molar-refractivity contribution is 6.39. The smallest absolute Gasteiger partial charge is 0.308 e. The Bertz CT molecular complexity index is 462. The van der Waals surface area contributed by atoms with Crippen LogP contribution in [0, 0.1) is 18.3 Å². The zero-order chi connectivity index (χ0) is 13.7. The Labute approximate surface area is 116 Å². The maximum absolute atomic E-state index is 10.9. The predicted octanol–water partition coefficient (Wildman–Crippen LogP) is 3.15. The third-order valence-electron chi connectivity index (χ3n) is 2.45. The lowest BCUT2D eigenvalue weighted by Gasteiger charge is -2.26. The summed E-state index contributed by atoms with van der Waals surface area (Å²) in [5.74, 6) is 1.03. The minimum atomic E-state index is -0.889. The van der Waals surface area contributed by atoms with Crippen LogP contribution in [-0.4, -0.2) is 24.2 Å². The van der Waals surface area contributed by atoms with E-state index < -0.39 is 11.9 Å². The van der Waals surface area contributed by atoms with Gasteiger partial charge in [-0.2, -0.15) is 0 Å². The summed E-state index contributed by atoms with van der Waals surface area (Å²) in [5.41, 5.74) is 0.576. The predicted molar refractivity (Wildman–Crippen MR) is 74.3 cm³/mol. The van der Waals surface area contributed by atoms with E-state index >= 15 is 0 Å². The molecule has 0 aromatic heterocycles. The van der Waals surface area contributed by atoms with Gasteiger partial charge in [-0.25, -0.2) is 0 Å². The van der Waals surface area contributed by atoms with Gasteiger partial charge in [0.05, 0.1) is 28.2 Å². The largest absolute Gasteiger partial charge is 0.481 e. The van der Waals surface area contributed by atoms with Crippen molar-refractivity contribution in [3.8, 4) is 12.3 Å². The van der Waals surface area contributed by atoms with E-state index in [1.807, 2.05) is 0 Å². The molecule has 96 valence electrons. The van der Waals surface area contributed by atoms with E-state index in [1.165, 1.54) is 0 Å². The van der Waals surface area contributed by atoms with Crippen molar-refractivity contribution >= 4 is 34.9 Å². The molecule has 18 heavy (non-hydrogen) atoms. The number of carboxylic acids is 1. The first-order chi connectivity index (χ1) is 8.47. The summed E-state index contributed by atoms with van der Waals surface area (Å²) in [5, 5.41) is 9.85. The fourth-order valence-electron chi connectivity index (χ4n) is 1.54. The Morgan fingerprint density at radius 1 is 1.50 bits per heavy atom. The molecule has 0 spiro atoms. The third kappa shape index (κ3) is 3.56. The van der Waals surface area contributed by atoms with E-state index in [0.29, 0.717) is 15.7 Å². The summed E-state index contributed by atoms with van der Waals surface area (Å²) in [4.78, 5) is 12.6. The van der Waals surface area contributed by atoms with Crippen molar-refractivity contribution in [2.75, 3.05) is 18.0 Å². The number of terminal acetylenes is 1. The number of carbonyl (C=O) groups is 1. The van der Waals surface area contributed by atoms with Gasteiger partial charge in [0.15, 0.2) is 0 Å². The Balaban J connectivity index is 3.05. The zero-order valence-electron chi connectivity index (χ0n) is 9.86. The molecule has 0 saturated heterocycles.